The Labute approximate surface area is 113 Å². The topological polar surface area (TPSA) is 59.0 Å². The van der Waals surface area contributed by atoms with E-state index in [4.69, 9.17) is 14.6 Å². The molecule has 0 spiro atoms. The molecule has 0 unspecified atom stereocenters. The van der Waals surface area contributed by atoms with Crippen LogP contribution in [0, 0.1) is 0 Å². The largest absolute Gasteiger partial charge is 0.497 e. The van der Waals surface area contributed by atoms with Crippen molar-refractivity contribution in [2.24, 2.45) is 0 Å². The highest BCUT2D eigenvalue weighted by Crippen LogP contribution is 2.23. The van der Waals surface area contributed by atoms with Crippen LogP contribution in [-0.4, -0.2) is 49.8 Å². The Kier molecular flexibility index (Phi) is 6.15. The Morgan fingerprint density at radius 1 is 1.21 bits per heavy atom. The van der Waals surface area contributed by atoms with Crippen molar-refractivity contribution in [2.45, 2.75) is 13.3 Å². The second kappa shape index (κ2) is 7.63. The highest BCUT2D eigenvalue weighted by Gasteiger charge is 2.15. The third-order valence-corrected chi connectivity index (χ3v) is 2.85. The van der Waals surface area contributed by atoms with Crippen LogP contribution >= 0.6 is 0 Å². The first-order valence-electron chi connectivity index (χ1n) is 6.29. The van der Waals surface area contributed by atoms with Crippen LogP contribution in [0.15, 0.2) is 18.2 Å². The summed E-state index contributed by atoms with van der Waals surface area (Å²) in [5, 5.41) is 8.85. The van der Waals surface area contributed by atoms with E-state index in [-0.39, 0.29) is 12.5 Å². The summed E-state index contributed by atoms with van der Waals surface area (Å²) in [6.07, 6.45) is 0.570. The van der Waals surface area contributed by atoms with Crippen LogP contribution in [0.25, 0.3) is 0 Å². The van der Waals surface area contributed by atoms with Gasteiger partial charge in [-0.3, -0.25) is 4.79 Å². The Morgan fingerprint density at radius 2 is 1.79 bits per heavy atom. The van der Waals surface area contributed by atoms with Crippen molar-refractivity contribution < 1.29 is 19.4 Å². The second-order valence-electron chi connectivity index (χ2n) is 4.06. The molecule has 0 fully saturated rings. The molecule has 19 heavy (non-hydrogen) atoms. The number of amides is 1. The van der Waals surface area contributed by atoms with E-state index in [9.17, 15) is 4.79 Å². The van der Waals surface area contributed by atoms with Gasteiger partial charge in [-0.15, -0.1) is 0 Å². The maximum atomic E-state index is 12.4. The summed E-state index contributed by atoms with van der Waals surface area (Å²) >= 11 is 0. The van der Waals surface area contributed by atoms with Crippen LogP contribution in [0.5, 0.6) is 11.5 Å². The van der Waals surface area contributed by atoms with Crippen molar-refractivity contribution in [3.05, 3.63) is 23.8 Å². The van der Waals surface area contributed by atoms with Gasteiger partial charge >= 0.3 is 0 Å². The van der Waals surface area contributed by atoms with Crippen LogP contribution in [0.3, 0.4) is 0 Å². The zero-order valence-electron chi connectivity index (χ0n) is 11.7. The van der Waals surface area contributed by atoms with E-state index in [2.05, 4.69) is 0 Å². The van der Waals surface area contributed by atoms with Crippen molar-refractivity contribution in [1.82, 2.24) is 4.90 Å². The molecule has 106 valence electrons. The molecule has 0 bridgehead atoms. The molecular formula is C14H21NO4. The van der Waals surface area contributed by atoms with E-state index in [1.54, 1.807) is 37.3 Å². The van der Waals surface area contributed by atoms with Gasteiger partial charge in [0.2, 0.25) is 0 Å². The van der Waals surface area contributed by atoms with Crippen molar-refractivity contribution in [3.8, 4) is 11.5 Å². The standard InChI is InChI=1S/C14H21NO4/c1-4-15(6-5-7-16)14(17)11-8-12(18-2)10-13(9-11)19-3/h8-10,16H,4-7H2,1-3H3. The van der Waals surface area contributed by atoms with Crippen LogP contribution in [0.2, 0.25) is 0 Å². The minimum Gasteiger partial charge on any atom is -0.497 e. The van der Waals surface area contributed by atoms with E-state index in [1.807, 2.05) is 6.92 Å². The quantitative estimate of drug-likeness (QED) is 0.814. The molecule has 0 atom stereocenters. The summed E-state index contributed by atoms with van der Waals surface area (Å²) in [4.78, 5) is 14.0. The van der Waals surface area contributed by atoms with Gasteiger partial charge in [0.1, 0.15) is 11.5 Å². The zero-order chi connectivity index (χ0) is 14.3. The first-order chi connectivity index (χ1) is 9.15. The number of aliphatic hydroxyl groups is 1. The normalized spacial score (nSPS) is 10.1. The molecule has 0 radical (unpaired) electrons. The maximum Gasteiger partial charge on any atom is 0.254 e. The Hall–Kier alpha value is -1.75. The van der Waals surface area contributed by atoms with Gasteiger partial charge in [0.15, 0.2) is 0 Å². The molecule has 0 aromatic heterocycles. The number of hydrogen-bond donors (Lipinski definition) is 1. The monoisotopic (exact) mass is 267 g/mol. The number of nitrogens with zero attached hydrogens (tertiary/aromatic N) is 1. The van der Waals surface area contributed by atoms with Gasteiger partial charge in [0.05, 0.1) is 14.2 Å². The van der Waals surface area contributed by atoms with Crippen molar-refractivity contribution in [3.63, 3.8) is 0 Å². The van der Waals surface area contributed by atoms with Crippen LogP contribution < -0.4 is 9.47 Å². The lowest BCUT2D eigenvalue weighted by molar-refractivity contribution is 0.0753. The van der Waals surface area contributed by atoms with Gasteiger partial charge in [0.25, 0.3) is 5.91 Å². The summed E-state index contributed by atoms with van der Waals surface area (Å²) in [5.74, 6) is 1.08. The number of carbonyl (C=O) groups is 1. The summed E-state index contributed by atoms with van der Waals surface area (Å²) in [6.45, 7) is 3.11. The summed E-state index contributed by atoms with van der Waals surface area (Å²) in [5.41, 5.74) is 0.524. The maximum absolute atomic E-state index is 12.4. The van der Waals surface area contributed by atoms with Gasteiger partial charge in [-0.2, -0.15) is 0 Å². The fourth-order valence-corrected chi connectivity index (χ4v) is 1.78. The van der Waals surface area contributed by atoms with E-state index < -0.39 is 0 Å². The molecule has 0 aliphatic rings. The highest BCUT2D eigenvalue weighted by atomic mass is 16.5. The van der Waals surface area contributed by atoms with Crippen molar-refractivity contribution in [1.29, 1.82) is 0 Å². The lowest BCUT2D eigenvalue weighted by Crippen LogP contribution is -2.32. The highest BCUT2D eigenvalue weighted by molar-refractivity contribution is 5.95. The SMILES string of the molecule is CCN(CCCO)C(=O)c1cc(OC)cc(OC)c1. The Bertz CT molecular complexity index is 398. The molecule has 5 heteroatoms. The molecule has 0 aliphatic carbocycles. The van der Waals surface area contributed by atoms with Crippen molar-refractivity contribution >= 4 is 5.91 Å². The molecule has 1 rings (SSSR count). The first-order valence-corrected chi connectivity index (χ1v) is 6.29. The second-order valence-corrected chi connectivity index (χ2v) is 4.06. The third-order valence-electron chi connectivity index (χ3n) is 2.85. The zero-order valence-corrected chi connectivity index (χ0v) is 11.7. The van der Waals surface area contributed by atoms with Crippen LogP contribution in [0.4, 0.5) is 0 Å². The predicted octanol–water partition coefficient (Wildman–Crippen LogP) is 1.55. The molecular weight excluding hydrogens is 246 g/mol. The molecule has 1 aromatic carbocycles. The lowest BCUT2D eigenvalue weighted by atomic mass is 10.1. The number of methoxy groups -OCH3 is 2. The van der Waals surface area contributed by atoms with E-state index in [0.717, 1.165) is 0 Å². The van der Waals surface area contributed by atoms with E-state index >= 15 is 0 Å². The number of ether oxygens (including phenoxy) is 2. The summed E-state index contributed by atoms with van der Waals surface area (Å²) < 4.78 is 10.3. The van der Waals surface area contributed by atoms with Crippen molar-refractivity contribution in [2.75, 3.05) is 33.9 Å². The van der Waals surface area contributed by atoms with Gasteiger partial charge in [-0.1, -0.05) is 0 Å². The van der Waals surface area contributed by atoms with E-state index in [1.165, 1.54) is 0 Å². The minimum atomic E-state index is -0.0897. The molecule has 0 saturated heterocycles. The third kappa shape index (κ3) is 4.13. The number of rotatable bonds is 7. The van der Waals surface area contributed by atoms with Gasteiger partial charge in [-0.25, -0.2) is 0 Å². The average Bonchev–Trinajstić information content (AvgIpc) is 2.47. The molecule has 0 aliphatic heterocycles. The Balaban J connectivity index is 2.96. The summed E-state index contributed by atoms with van der Waals surface area (Å²) in [7, 11) is 3.10. The number of aliphatic hydroxyl groups excluding tert-OH is 1. The lowest BCUT2D eigenvalue weighted by Gasteiger charge is -2.21. The van der Waals surface area contributed by atoms with Crippen LogP contribution in [0.1, 0.15) is 23.7 Å². The smallest absolute Gasteiger partial charge is 0.254 e. The van der Waals surface area contributed by atoms with E-state index in [0.29, 0.717) is 36.6 Å². The number of carbonyl (C=O) groups excluding carboxylic acids is 1. The molecule has 5 nitrogen and oxygen atoms in total. The molecule has 0 saturated carbocycles. The number of hydrogen-bond acceptors (Lipinski definition) is 4. The van der Waals surface area contributed by atoms with Gasteiger partial charge in [0, 0.05) is 31.3 Å². The summed E-state index contributed by atoms with van der Waals surface area (Å²) in [6, 6.07) is 5.10. The minimum absolute atomic E-state index is 0.0746. The fraction of sp³-hybridized carbons (Fsp3) is 0.500. The number of benzene rings is 1. The first kappa shape index (κ1) is 15.3. The van der Waals surface area contributed by atoms with Crippen LogP contribution in [-0.2, 0) is 0 Å². The Morgan fingerprint density at radius 3 is 2.21 bits per heavy atom. The molecule has 1 N–H and O–H groups in total. The average molecular weight is 267 g/mol. The van der Waals surface area contributed by atoms with Gasteiger partial charge < -0.3 is 19.5 Å². The van der Waals surface area contributed by atoms with Gasteiger partial charge in [-0.05, 0) is 25.5 Å². The fourth-order valence-electron chi connectivity index (χ4n) is 1.78. The molecule has 1 amide bonds. The molecule has 1 aromatic rings. The predicted molar refractivity (Wildman–Crippen MR) is 72.8 cm³/mol. The molecule has 0 heterocycles.